The molecular weight excluding hydrogens is 342 g/mol. The van der Waals surface area contributed by atoms with Crippen LogP contribution in [0.5, 0.6) is 5.75 Å². The Hall–Kier alpha value is -3.28. The highest BCUT2D eigenvalue weighted by molar-refractivity contribution is 6.01. The maximum absolute atomic E-state index is 12.9. The van der Waals surface area contributed by atoms with Crippen LogP contribution < -0.4 is 4.74 Å². The molecule has 0 aliphatic carbocycles. The maximum Gasteiger partial charge on any atom is 0.270 e. The first kappa shape index (κ1) is 17.1. The van der Waals surface area contributed by atoms with Crippen LogP contribution in [0.25, 0.3) is 10.9 Å². The number of methoxy groups -OCH3 is 1. The Bertz CT molecular complexity index is 981. The molecule has 1 aromatic heterocycles. The van der Waals surface area contributed by atoms with Gasteiger partial charge in [-0.15, -0.1) is 0 Å². The van der Waals surface area contributed by atoms with Crippen molar-refractivity contribution in [2.24, 2.45) is 0 Å². The molecule has 27 heavy (non-hydrogen) atoms. The largest absolute Gasteiger partial charge is 0.496 e. The Morgan fingerprint density at radius 1 is 1.11 bits per heavy atom. The molecule has 6 nitrogen and oxygen atoms in total. The van der Waals surface area contributed by atoms with Crippen molar-refractivity contribution in [3.05, 3.63) is 65.9 Å². The first-order valence-corrected chi connectivity index (χ1v) is 8.92. The molecule has 0 unspecified atom stereocenters. The number of hydrogen-bond donors (Lipinski definition) is 1. The Balaban J connectivity index is 1.47. The summed E-state index contributed by atoms with van der Waals surface area (Å²) in [5.41, 5.74) is 2.40. The smallest absolute Gasteiger partial charge is 0.270 e. The number of H-pyrrole nitrogens is 1. The number of piperazine rings is 1. The van der Waals surface area contributed by atoms with Gasteiger partial charge >= 0.3 is 0 Å². The maximum atomic E-state index is 12.9. The zero-order valence-electron chi connectivity index (χ0n) is 15.1. The van der Waals surface area contributed by atoms with E-state index in [-0.39, 0.29) is 18.4 Å². The van der Waals surface area contributed by atoms with Crippen molar-refractivity contribution in [1.82, 2.24) is 14.8 Å². The number of carbonyl (C=O) groups is 2. The second-order valence-electron chi connectivity index (χ2n) is 6.63. The summed E-state index contributed by atoms with van der Waals surface area (Å²) in [6, 6.07) is 17.3. The topological polar surface area (TPSA) is 65.6 Å². The normalized spacial score (nSPS) is 14.6. The number of rotatable bonds is 4. The molecule has 0 spiro atoms. The van der Waals surface area contributed by atoms with E-state index < -0.39 is 0 Å². The lowest BCUT2D eigenvalue weighted by Gasteiger charge is -2.34. The number of carbonyl (C=O) groups excluding carboxylic acids is 2. The van der Waals surface area contributed by atoms with Crippen molar-refractivity contribution in [3.63, 3.8) is 0 Å². The van der Waals surface area contributed by atoms with Crippen molar-refractivity contribution >= 4 is 22.7 Å². The number of nitrogens with one attached hydrogen (secondary N) is 1. The van der Waals surface area contributed by atoms with E-state index in [4.69, 9.17) is 4.74 Å². The van der Waals surface area contributed by atoms with Gasteiger partial charge in [-0.2, -0.15) is 0 Å². The molecule has 2 aromatic carbocycles. The number of nitrogens with zero attached hydrogens (tertiary/aromatic N) is 2. The summed E-state index contributed by atoms with van der Waals surface area (Å²) in [6.07, 6.45) is 0. The molecule has 0 radical (unpaired) electrons. The Morgan fingerprint density at radius 3 is 2.67 bits per heavy atom. The molecule has 1 fully saturated rings. The molecular formula is C21H21N3O3. The van der Waals surface area contributed by atoms with Gasteiger partial charge in [0.05, 0.1) is 7.11 Å². The van der Waals surface area contributed by atoms with Crippen LogP contribution in [-0.4, -0.2) is 53.3 Å². The fraction of sp³-hybridized carbons (Fsp3) is 0.238. The summed E-state index contributed by atoms with van der Waals surface area (Å²) in [6.45, 7) is 1.72. The predicted octanol–water partition coefficient (Wildman–Crippen LogP) is 2.66. The van der Waals surface area contributed by atoms with Crippen LogP contribution in [0.2, 0.25) is 0 Å². The third-order valence-corrected chi connectivity index (χ3v) is 4.90. The quantitative estimate of drug-likeness (QED) is 0.775. The Labute approximate surface area is 157 Å². The predicted molar refractivity (Wildman–Crippen MR) is 103 cm³/mol. The lowest BCUT2D eigenvalue weighted by molar-refractivity contribution is -0.135. The van der Waals surface area contributed by atoms with Gasteiger partial charge in [-0.3, -0.25) is 9.59 Å². The van der Waals surface area contributed by atoms with E-state index in [2.05, 4.69) is 4.98 Å². The van der Waals surface area contributed by atoms with Crippen LogP contribution in [0.4, 0.5) is 0 Å². The second kappa shape index (κ2) is 7.15. The highest BCUT2D eigenvalue weighted by Gasteiger charge is 2.28. The minimum atomic E-state index is -0.166. The molecule has 0 saturated carbocycles. The Morgan fingerprint density at radius 2 is 1.93 bits per heavy atom. The first-order chi connectivity index (χ1) is 13.2. The molecule has 2 heterocycles. The summed E-state index contributed by atoms with van der Waals surface area (Å²) in [5.74, 6) is 0.514. The highest BCUT2D eigenvalue weighted by atomic mass is 16.5. The van der Waals surface area contributed by atoms with E-state index in [9.17, 15) is 9.59 Å². The van der Waals surface area contributed by atoms with Crippen LogP contribution in [-0.2, 0) is 11.3 Å². The summed E-state index contributed by atoms with van der Waals surface area (Å²) in [4.78, 5) is 31.9. The molecule has 6 heteroatoms. The minimum Gasteiger partial charge on any atom is -0.496 e. The van der Waals surface area contributed by atoms with Crippen molar-refractivity contribution in [3.8, 4) is 5.75 Å². The average molecular weight is 363 g/mol. The van der Waals surface area contributed by atoms with Crippen LogP contribution in [0.3, 0.4) is 0 Å². The third kappa shape index (κ3) is 3.38. The summed E-state index contributed by atoms with van der Waals surface area (Å²) in [7, 11) is 1.61. The van der Waals surface area contributed by atoms with E-state index in [1.165, 1.54) is 0 Å². The summed E-state index contributed by atoms with van der Waals surface area (Å²) in [5, 5.41) is 0.859. The van der Waals surface area contributed by atoms with E-state index in [0.29, 0.717) is 31.1 Å². The summed E-state index contributed by atoms with van der Waals surface area (Å²) < 4.78 is 5.35. The lowest BCUT2D eigenvalue weighted by Crippen LogP contribution is -2.51. The fourth-order valence-electron chi connectivity index (χ4n) is 3.44. The first-order valence-electron chi connectivity index (χ1n) is 8.92. The molecule has 1 aliphatic heterocycles. The molecule has 1 aliphatic rings. The molecule has 4 rings (SSSR count). The van der Waals surface area contributed by atoms with Crippen LogP contribution >= 0.6 is 0 Å². The monoisotopic (exact) mass is 363 g/mol. The SMILES string of the molecule is COc1cccc2[nH]c(C(=O)N3CCN(Cc4ccccc4)C(=O)C3)cc12. The van der Waals surface area contributed by atoms with Gasteiger partial charge < -0.3 is 19.5 Å². The lowest BCUT2D eigenvalue weighted by atomic mass is 10.2. The zero-order chi connectivity index (χ0) is 18.8. The van der Waals surface area contributed by atoms with Crippen molar-refractivity contribution < 1.29 is 14.3 Å². The number of fused-ring (bicyclic) bond motifs is 1. The van der Waals surface area contributed by atoms with E-state index in [1.54, 1.807) is 23.0 Å². The minimum absolute atomic E-state index is 0.0351. The fourth-order valence-corrected chi connectivity index (χ4v) is 3.44. The van der Waals surface area contributed by atoms with Gasteiger partial charge in [-0.05, 0) is 23.8 Å². The number of benzene rings is 2. The molecule has 0 atom stereocenters. The van der Waals surface area contributed by atoms with Gasteiger partial charge in [0.15, 0.2) is 0 Å². The zero-order valence-corrected chi connectivity index (χ0v) is 15.1. The van der Waals surface area contributed by atoms with E-state index in [1.807, 2.05) is 48.5 Å². The van der Waals surface area contributed by atoms with Crippen molar-refractivity contribution in [1.29, 1.82) is 0 Å². The van der Waals surface area contributed by atoms with Gasteiger partial charge in [0.2, 0.25) is 5.91 Å². The number of amides is 2. The highest BCUT2D eigenvalue weighted by Crippen LogP contribution is 2.26. The van der Waals surface area contributed by atoms with Gasteiger partial charge in [0.25, 0.3) is 5.91 Å². The van der Waals surface area contributed by atoms with Gasteiger partial charge in [0, 0.05) is 30.5 Å². The molecule has 3 aromatic rings. The van der Waals surface area contributed by atoms with Gasteiger partial charge in [-0.25, -0.2) is 0 Å². The molecule has 1 saturated heterocycles. The number of aromatic amines is 1. The van der Waals surface area contributed by atoms with Crippen LogP contribution in [0, 0.1) is 0 Å². The number of hydrogen-bond acceptors (Lipinski definition) is 3. The standard InChI is InChI=1S/C21H21N3O3/c1-27-19-9-5-8-17-16(19)12-18(22-17)21(26)24-11-10-23(20(25)14-24)13-15-6-3-2-4-7-15/h2-9,12,22H,10-11,13-14H2,1H3. The average Bonchev–Trinajstić information content (AvgIpc) is 3.14. The van der Waals surface area contributed by atoms with E-state index >= 15 is 0 Å². The van der Waals surface area contributed by atoms with Crippen LogP contribution in [0.15, 0.2) is 54.6 Å². The van der Waals surface area contributed by atoms with Crippen molar-refractivity contribution in [2.45, 2.75) is 6.54 Å². The second-order valence-corrected chi connectivity index (χ2v) is 6.63. The molecule has 2 amide bonds. The number of ether oxygens (including phenoxy) is 1. The van der Waals surface area contributed by atoms with Gasteiger partial charge in [-0.1, -0.05) is 36.4 Å². The molecule has 138 valence electrons. The molecule has 1 N–H and O–H groups in total. The Kier molecular flexibility index (Phi) is 4.54. The van der Waals surface area contributed by atoms with Gasteiger partial charge in [0.1, 0.15) is 18.0 Å². The summed E-state index contributed by atoms with van der Waals surface area (Å²) >= 11 is 0. The number of aromatic nitrogens is 1. The van der Waals surface area contributed by atoms with E-state index in [0.717, 1.165) is 16.5 Å². The van der Waals surface area contributed by atoms with Crippen molar-refractivity contribution in [2.75, 3.05) is 26.7 Å². The van der Waals surface area contributed by atoms with Crippen LogP contribution in [0.1, 0.15) is 16.1 Å². The third-order valence-electron chi connectivity index (χ3n) is 4.90. The molecule has 0 bridgehead atoms.